The van der Waals surface area contributed by atoms with Crippen LogP contribution in [0.1, 0.15) is 25.3 Å². The Hall–Kier alpha value is -1.68. The molecular weight excluding hydrogens is 262 g/mol. The number of benzene rings is 1. The quantitative estimate of drug-likeness (QED) is 0.798. The van der Waals surface area contributed by atoms with Gasteiger partial charge in [0.1, 0.15) is 6.54 Å². The van der Waals surface area contributed by atoms with Gasteiger partial charge < -0.3 is 9.80 Å². The number of amides is 1. The van der Waals surface area contributed by atoms with Crippen LogP contribution in [0.5, 0.6) is 0 Å². The van der Waals surface area contributed by atoms with Crippen LogP contribution in [0.15, 0.2) is 35.3 Å². The van der Waals surface area contributed by atoms with Gasteiger partial charge in [-0.1, -0.05) is 30.3 Å². The molecule has 0 radical (unpaired) electrons. The molecule has 1 aliphatic rings. The second kappa shape index (κ2) is 7.93. The van der Waals surface area contributed by atoms with Crippen molar-refractivity contribution in [1.82, 2.24) is 9.80 Å². The van der Waals surface area contributed by atoms with Gasteiger partial charge in [0.05, 0.1) is 0 Å². The van der Waals surface area contributed by atoms with E-state index in [2.05, 4.69) is 16.9 Å². The van der Waals surface area contributed by atoms with E-state index in [1.54, 1.807) is 0 Å². The highest BCUT2D eigenvalue weighted by atomic mass is 16.2. The fourth-order valence-corrected chi connectivity index (χ4v) is 2.59. The van der Waals surface area contributed by atoms with E-state index in [0.717, 1.165) is 50.3 Å². The van der Waals surface area contributed by atoms with Gasteiger partial charge in [-0.05, 0) is 45.5 Å². The first kappa shape index (κ1) is 15.7. The van der Waals surface area contributed by atoms with Crippen LogP contribution in [0.25, 0.3) is 0 Å². The zero-order valence-corrected chi connectivity index (χ0v) is 13.1. The number of carbonyl (C=O) groups is 1. The SMILES string of the molecule is CC(=NCC(=O)N1CCCN(C)CCC1)c1ccccc1. The van der Waals surface area contributed by atoms with Gasteiger partial charge in [0.2, 0.25) is 5.91 Å². The van der Waals surface area contributed by atoms with E-state index >= 15 is 0 Å². The lowest BCUT2D eigenvalue weighted by atomic mass is 10.1. The summed E-state index contributed by atoms with van der Waals surface area (Å²) in [6.45, 7) is 6.06. The van der Waals surface area contributed by atoms with Gasteiger partial charge >= 0.3 is 0 Å². The first-order valence-electron chi connectivity index (χ1n) is 7.69. The molecule has 4 nitrogen and oxygen atoms in total. The summed E-state index contributed by atoms with van der Waals surface area (Å²) in [6.07, 6.45) is 2.09. The zero-order valence-electron chi connectivity index (χ0n) is 13.1. The molecule has 0 saturated carbocycles. The molecule has 1 aromatic rings. The molecule has 1 aromatic carbocycles. The number of rotatable bonds is 3. The van der Waals surface area contributed by atoms with Gasteiger partial charge in [0, 0.05) is 18.8 Å². The van der Waals surface area contributed by atoms with Gasteiger partial charge in [-0.2, -0.15) is 0 Å². The van der Waals surface area contributed by atoms with Crippen molar-refractivity contribution in [2.45, 2.75) is 19.8 Å². The molecular formula is C17H25N3O. The van der Waals surface area contributed by atoms with E-state index in [0.29, 0.717) is 0 Å². The molecule has 1 saturated heterocycles. The molecule has 4 heteroatoms. The number of carbonyl (C=O) groups excluding carboxylic acids is 1. The van der Waals surface area contributed by atoms with E-state index in [1.165, 1.54) is 0 Å². The van der Waals surface area contributed by atoms with E-state index < -0.39 is 0 Å². The van der Waals surface area contributed by atoms with Gasteiger partial charge in [-0.25, -0.2) is 0 Å². The van der Waals surface area contributed by atoms with Crippen LogP contribution in [0.2, 0.25) is 0 Å². The first-order chi connectivity index (χ1) is 10.2. The van der Waals surface area contributed by atoms with E-state index in [9.17, 15) is 4.79 Å². The lowest BCUT2D eigenvalue weighted by Gasteiger charge is -2.28. The molecule has 0 aromatic heterocycles. The molecule has 1 amide bonds. The minimum atomic E-state index is 0.148. The van der Waals surface area contributed by atoms with Gasteiger partial charge in [0.25, 0.3) is 0 Å². The van der Waals surface area contributed by atoms with Crippen molar-refractivity contribution >= 4 is 11.6 Å². The molecule has 0 bridgehead atoms. The third-order valence-electron chi connectivity index (χ3n) is 3.93. The normalized spacial score (nSPS) is 18.2. The average Bonchev–Trinajstić information content (AvgIpc) is 2.49. The fraction of sp³-hybridized carbons (Fsp3) is 0.529. The molecule has 0 unspecified atom stereocenters. The molecule has 114 valence electrons. The summed E-state index contributed by atoms with van der Waals surface area (Å²) in [5, 5.41) is 0. The van der Waals surface area contributed by atoms with Crippen molar-refractivity contribution in [3.05, 3.63) is 35.9 Å². The summed E-state index contributed by atoms with van der Waals surface area (Å²) in [5.41, 5.74) is 2.01. The maximum atomic E-state index is 12.3. The summed E-state index contributed by atoms with van der Waals surface area (Å²) in [5.74, 6) is 0.148. The van der Waals surface area contributed by atoms with Crippen molar-refractivity contribution < 1.29 is 4.79 Å². The van der Waals surface area contributed by atoms with E-state index in [1.807, 2.05) is 42.2 Å². The van der Waals surface area contributed by atoms with Crippen LogP contribution in [0.4, 0.5) is 0 Å². The standard InChI is InChI=1S/C17H25N3O/c1-15(16-8-4-3-5-9-16)18-14-17(21)20-12-6-10-19(2)11-7-13-20/h3-5,8-9H,6-7,10-14H2,1-2H3. The predicted octanol–water partition coefficient (Wildman–Crippen LogP) is 2.05. The van der Waals surface area contributed by atoms with Crippen molar-refractivity contribution in [3.8, 4) is 0 Å². The Bertz CT molecular complexity index is 474. The third-order valence-corrected chi connectivity index (χ3v) is 3.93. The summed E-state index contributed by atoms with van der Waals surface area (Å²) >= 11 is 0. The van der Waals surface area contributed by atoms with E-state index in [4.69, 9.17) is 0 Å². The molecule has 0 spiro atoms. The number of hydrogen-bond donors (Lipinski definition) is 0. The summed E-state index contributed by atoms with van der Waals surface area (Å²) in [4.78, 5) is 21.0. The highest BCUT2D eigenvalue weighted by Gasteiger charge is 2.15. The zero-order chi connectivity index (χ0) is 15.1. The van der Waals surface area contributed by atoms with Crippen LogP contribution >= 0.6 is 0 Å². The molecule has 1 fully saturated rings. The summed E-state index contributed by atoms with van der Waals surface area (Å²) in [6, 6.07) is 10.0. The van der Waals surface area contributed by atoms with Crippen molar-refractivity contribution in [1.29, 1.82) is 0 Å². The van der Waals surface area contributed by atoms with Crippen LogP contribution in [0.3, 0.4) is 0 Å². The minimum absolute atomic E-state index is 0.148. The van der Waals surface area contributed by atoms with Crippen molar-refractivity contribution in [2.24, 2.45) is 4.99 Å². The molecule has 21 heavy (non-hydrogen) atoms. The Morgan fingerprint density at radius 2 is 1.71 bits per heavy atom. The fourth-order valence-electron chi connectivity index (χ4n) is 2.59. The molecule has 0 N–H and O–H groups in total. The largest absolute Gasteiger partial charge is 0.341 e. The van der Waals surface area contributed by atoms with Gasteiger partial charge in [0.15, 0.2) is 0 Å². The Morgan fingerprint density at radius 1 is 1.10 bits per heavy atom. The molecule has 1 heterocycles. The molecule has 0 atom stereocenters. The topological polar surface area (TPSA) is 35.9 Å². The first-order valence-corrected chi connectivity index (χ1v) is 7.69. The number of hydrogen-bond acceptors (Lipinski definition) is 3. The lowest BCUT2D eigenvalue weighted by molar-refractivity contribution is -0.130. The van der Waals surface area contributed by atoms with Crippen molar-refractivity contribution in [2.75, 3.05) is 39.8 Å². The van der Waals surface area contributed by atoms with Gasteiger partial charge in [-0.15, -0.1) is 0 Å². The average molecular weight is 287 g/mol. The van der Waals surface area contributed by atoms with Crippen molar-refractivity contribution in [3.63, 3.8) is 0 Å². The van der Waals surface area contributed by atoms with Crippen LogP contribution < -0.4 is 0 Å². The molecule has 1 aliphatic heterocycles. The second-order valence-electron chi connectivity index (χ2n) is 5.66. The smallest absolute Gasteiger partial charge is 0.244 e. The summed E-state index contributed by atoms with van der Waals surface area (Å²) < 4.78 is 0. The molecule has 2 rings (SSSR count). The lowest BCUT2D eigenvalue weighted by Crippen LogP contribution is -2.39. The Kier molecular flexibility index (Phi) is 5.93. The highest BCUT2D eigenvalue weighted by molar-refractivity contribution is 5.99. The minimum Gasteiger partial charge on any atom is -0.341 e. The maximum Gasteiger partial charge on any atom is 0.244 e. The van der Waals surface area contributed by atoms with Crippen LogP contribution in [0, 0.1) is 0 Å². The predicted molar refractivity (Wildman–Crippen MR) is 86.8 cm³/mol. The van der Waals surface area contributed by atoms with Gasteiger partial charge in [-0.3, -0.25) is 9.79 Å². The second-order valence-corrected chi connectivity index (χ2v) is 5.66. The van der Waals surface area contributed by atoms with Crippen LogP contribution in [-0.4, -0.2) is 61.2 Å². The Labute approximate surface area is 127 Å². The Balaban J connectivity index is 1.88. The number of aliphatic imine (C=N–C) groups is 1. The summed E-state index contributed by atoms with van der Waals surface area (Å²) in [7, 11) is 2.14. The molecule has 0 aliphatic carbocycles. The van der Waals surface area contributed by atoms with Crippen LogP contribution in [-0.2, 0) is 4.79 Å². The third kappa shape index (κ3) is 4.97. The highest BCUT2D eigenvalue weighted by Crippen LogP contribution is 2.05. The Morgan fingerprint density at radius 3 is 2.33 bits per heavy atom. The maximum absolute atomic E-state index is 12.3. The monoisotopic (exact) mass is 287 g/mol. The van der Waals surface area contributed by atoms with E-state index in [-0.39, 0.29) is 12.5 Å². The number of nitrogens with zero attached hydrogens (tertiary/aromatic N) is 3.